The smallest absolute Gasteiger partial charge is 0.161 e. The summed E-state index contributed by atoms with van der Waals surface area (Å²) in [5.41, 5.74) is 11.7. The van der Waals surface area contributed by atoms with Crippen LogP contribution < -0.4 is 11.1 Å². The van der Waals surface area contributed by atoms with Gasteiger partial charge in [-0.15, -0.1) is 0 Å². The van der Waals surface area contributed by atoms with Gasteiger partial charge in [0.2, 0.25) is 0 Å². The molecule has 6 heteroatoms. The molecule has 0 atom stereocenters. The van der Waals surface area contributed by atoms with Gasteiger partial charge in [-0.25, -0.2) is 9.97 Å². The first kappa shape index (κ1) is 23.6. The Morgan fingerprint density at radius 1 is 1.12 bits per heavy atom. The van der Waals surface area contributed by atoms with E-state index in [4.69, 9.17) is 11.1 Å². The first-order valence-electron chi connectivity index (χ1n) is 10.8. The van der Waals surface area contributed by atoms with Gasteiger partial charge in [0.05, 0.1) is 0 Å². The number of nitrogens with two attached hydrogens (primary N) is 1. The van der Waals surface area contributed by atoms with Gasteiger partial charge in [0.1, 0.15) is 5.82 Å². The fourth-order valence-corrected chi connectivity index (χ4v) is 3.43. The van der Waals surface area contributed by atoms with Crippen molar-refractivity contribution in [3.05, 3.63) is 83.2 Å². The maximum Gasteiger partial charge on any atom is 0.161 e. The molecular weight excluding hydrogens is 410 g/mol. The van der Waals surface area contributed by atoms with E-state index in [1.165, 1.54) is 12.4 Å². The number of carbonyl (C=O) groups is 1. The van der Waals surface area contributed by atoms with Crippen LogP contribution in [-0.2, 0) is 4.79 Å². The standard InChI is InChI=1S/C27H29N5O/c1-17(2)26(33)19(4)14-21-5-6-22(13-18(21)3)27-30-12-11-25(32-27)31-24-9-7-20(8-10-24)23(15-28)16-29/h5-17,28H,29H2,1-4H3,(H,30,31,32)/b19-14+,23-16?,28-15?. The van der Waals surface area contributed by atoms with E-state index in [-0.39, 0.29) is 11.7 Å². The lowest BCUT2D eigenvalue weighted by atomic mass is 9.97. The lowest BCUT2D eigenvalue weighted by Crippen LogP contribution is -2.07. The summed E-state index contributed by atoms with van der Waals surface area (Å²) < 4.78 is 0. The van der Waals surface area contributed by atoms with Crippen molar-refractivity contribution in [2.45, 2.75) is 27.7 Å². The number of allylic oxidation sites excluding steroid dienone is 2. The number of aryl methyl sites for hydroxylation is 1. The second kappa shape index (κ2) is 10.5. The number of Topliss-reactive ketones (excluding diaryl/α,β-unsaturated/α-hetero) is 1. The van der Waals surface area contributed by atoms with E-state index in [1.54, 1.807) is 6.20 Å². The van der Waals surface area contributed by atoms with Gasteiger partial charge in [-0.1, -0.05) is 38.1 Å². The Bertz CT molecular complexity index is 1220. The molecule has 1 heterocycles. The van der Waals surface area contributed by atoms with E-state index < -0.39 is 0 Å². The fraction of sp³-hybridized carbons (Fsp3) is 0.185. The minimum Gasteiger partial charge on any atom is -0.404 e. The molecule has 168 valence electrons. The van der Waals surface area contributed by atoms with Crippen molar-refractivity contribution < 1.29 is 4.79 Å². The van der Waals surface area contributed by atoms with Crippen molar-refractivity contribution in [2.75, 3.05) is 5.32 Å². The summed E-state index contributed by atoms with van der Waals surface area (Å²) in [7, 11) is 0. The number of carbonyl (C=O) groups excluding carboxylic acids is 1. The van der Waals surface area contributed by atoms with Crippen molar-refractivity contribution in [3.63, 3.8) is 0 Å². The Morgan fingerprint density at radius 3 is 2.45 bits per heavy atom. The number of benzene rings is 2. The molecule has 0 bridgehead atoms. The second-order valence-corrected chi connectivity index (χ2v) is 8.15. The van der Waals surface area contributed by atoms with Crippen molar-refractivity contribution >= 4 is 35.2 Å². The molecule has 4 N–H and O–H groups in total. The topological polar surface area (TPSA) is 105 Å². The molecule has 0 unspecified atom stereocenters. The van der Waals surface area contributed by atoms with E-state index in [9.17, 15) is 4.79 Å². The van der Waals surface area contributed by atoms with Crippen LogP contribution in [0.3, 0.4) is 0 Å². The molecule has 0 saturated carbocycles. The van der Waals surface area contributed by atoms with E-state index >= 15 is 0 Å². The van der Waals surface area contributed by atoms with E-state index in [2.05, 4.69) is 15.3 Å². The quantitative estimate of drug-likeness (QED) is 0.305. The Kier molecular flexibility index (Phi) is 7.51. The van der Waals surface area contributed by atoms with Crippen molar-refractivity contribution in [1.82, 2.24) is 9.97 Å². The van der Waals surface area contributed by atoms with Crippen LogP contribution in [0.4, 0.5) is 11.5 Å². The van der Waals surface area contributed by atoms with Crippen molar-refractivity contribution in [3.8, 4) is 11.4 Å². The van der Waals surface area contributed by atoms with Gasteiger partial charge in [-0.2, -0.15) is 0 Å². The highest BCUT2D eigenvalue weighted by Crippen LogP contribution is 2.24. The molecule has 3 aromatic rings. The molecule has 1 aromatic heterocycles. The highest BCUT2D eigenvalue weighted by Gasteiger charge is 2.11. The number of rotatable bonds is 8. The fourth-order valence-electron chi connectivity index (χ4n) is 3.43. The Labute approximate surface area is 194 Å². The number of nitrogens with one attached hydrogen (secondary N) is 2. The van der Waals surface area contributed by atoms with Gasteiger partial charge in [-0.3, -0.25) is 4.79 Å². The molecule has 2 aromatic carbocycles. The molecule has 6 nitrogen and oxygen atoms in total. The summed E-state index contributed by atoms with van der Waals surface area (Å²) in [5, 5.41) is 10.7. The third-order valence-electron chi connectivity index (χ3n) is 5.29. The molecular formula is C27H29N5O. The first-order chi connectivity index (χ1) is 15.8. The molecule has 0 saturated heterocycles. The van der Waals surface area contributed by atoms with Crippen LogP contribution in [0.5, 0.6) is 0 Å². The SMILES string of the molecule is C/C(=C\c1ccc(-c2nccc(Nc3ccc(C(C=N)=CN)cc3)n2)cc1C)C(=O)C(C)C. The van der Waals surface area contributed by atoms with Gasteiger partial charge in [0.15, 0.2) is 11.6 Å². The highest BCUT2D eigenvalue weighted by molar-refractivity contribution is 6.08. The normalized spacial score (nSPS) is 12.0. The molecule has 0 aliphatic carbocycles. The van der Waals surface area contributed by atoms with Gasteiger partial charge in [0.25, 0.3) is 0 Å². The number of aromatic nitrogens is 2. The van der Waals surface area contributed by atoms with Gasteiger partial charge >= 0.3 is 0 Å². The summed E-state index contributed by atoms with van der Waals surface area (Å²) in [5.74, 6) is 1.43. The summed E-state index contributed by atoms with van der Waals surface area (Å²) in [4.78, 5) is 21.3. The van der Waals surface area contributed by atoms with Gasteiger partial charge in [0, 0.05) is 41.4 Å². The summed E-state index contributed by atoms with van der Waals surface area (Å²) in [6.45, 7) is 7.70. The Hall–Kier alpha value is -4.06. The second-order valence-electron chi connectivity index (χ2n) is 8.15. The first-order valence-corrected chi connectivity index (χ1v) is 10.8. The van der Waals surface area contributed by atoms with Crippen LogP contribution in [0.1, 0.15) is 37.5 Å². The number of nitrogens with zero attached hydrogens (tertiary/aromatic N) is 2. The van der Waals surface area contributed by atoms with Crippen LogP contribution in [0.25, 0.3) is 23.0 Å². The Morgan fingerprint density at radius 2 is 1.85 bits per heavy atom. The number of hydrogen-bond acceptors (Lipinski definition) is 6. The average molecular weight is 440 g/mol. The van der Waals surface area contributed by atoms with Crippen LogP contribution >= 0.6 is 0 Å². The molecule has 0 aliphatic rings. The monoisotopic (exact) mass is 439 g/mol. The molecule has 0 spiro atoms. The van der Waals surface area contributed by atoms with Crippen LogP contribution in [0.2, 0.25) is 0 Å². The number of ketones is 1. The average Bonchev–Trinajstić information content (AvgIpc) is 2.81. The van der Waals surface area contributed by atoms with E-state index in [0.29, 0.717) is 17.2 Å². The molecule has 0 fully saturated rings. The van der Waals surface area contributed by atoms with Crippen LogP contribution in [-0.4, -0.2) is 22.0 Å². The maximum atomic E-state index is 12.2. The summed E-state index contributed by atoms with van der Waals surface area (Å²) in [6.07, 6.45) is 6.30. The Balaban J connectivity index is 1.81. The molecule has 0 aliphatic heterocycles. The third-order valence-corrected chi connectivity index (χ3v) is 5.29. The number of hydrogen-bond donors (Lipinski definition) is 3. The molecule has 33 heavy (non-hydrogen) atoms. The molecule has 0 amide bonds. The molecule has 0 radical (unpaired) electrons. The van der Waals surface area contributed by atoms with Gasteiger partial charge < -0.3 is 16.5 Å². The van der Waals surface area contributed by atoms with Crippen LogP contribution in [0, 0.1) is 18.3 Å². The number of anilines is 2. The maximum absolute atomic E-state index is 12.2. The zero-order chi connectivity index (χ0) is 24.0. The lowest BCUT2D eigenvalue weighted by Gasteiger charge is -2.10. The molecule has 3 rings (SSSR count). The largest absolute Gasteiger partial charge is 0.404 e. The van der Waals surface area contributed by atoms with E-state index in [1.807, 2.05) is 82.3 Å². The predicted octanol–water partition coefficient (Wildman–Crippen LogP) is 5.77. The van der Waals surface area contributed by atoms with Crippen LogP contribution in [0.15, 0.2) is 66.5 Å². The van der Waals surface area contributed by atoms with Gasteiger partial charge in [-0.05, 0) is 66.5 Å². The highest BCUT2D eigenvalue weighted by atomic mass is 16.1. The minimum atomic E-state index is -0.0177. The van der Waals surface area contributed by atoms with Crippen molar-refractivity contribution in [2.24, 2.45) is 11.7 Å². The summed E-state index contributed by atoms with van der Waals surface area (Å²) in [6, 6.07) is 15.4. The predicted molar refractivity (Wildman–Crippen MR) is 136 cm³/mol. The zero-order valence-electron chi connectivity index (χ0n) is 19.4. The van der Waals surface area contributed by atoms with Crippen molar-refractivity contribution in [1.29, 1.82) is 5.41 Å². The van der Waals surface area contributed by atoms with E-state index in [0.717, 1.165) is 33.5 Å². The lowest BCUT2D eigenvalue weighted by molar-refractivity contribution is -0.118. The summed E-state index contributed by atoms with van der Waals surface area (Å²) >= 11 is 0. The third kappa shape index (κ3) is 5.80. The zero-order valence-corrected chi connectivity index (χ0v) is 19.4. The minimum absolute atomic E-state index is 0.0177.